The first-order valence-electron chi connectivity index (χ1n) is 6.08. The Morgan fingerprint density at radius 2 is 1.71 bits per heavy atom. The number of amides is 2. The van der Waals surface area contributed by atoms with Crippen molar-refractivity contribution in [1.29, 1.82) is 0 Å². The molecule has 1 aromatic heterocycles. The van der Waals surface area contributed by atoms with Crippen LogP contribution in [0.2, 0.25) is 0 Å². The number of fused-ring (bicyclic) bond motifs is 1. The highest BCUT2D eigenvalue weighted by Crippen LogP contribution is 2.17. The summed E-state index contributed by atoms with van der Waals surface area (Å²) in [5.41, 5.74) is 1.57. The first kappa shape index (κ1) is 13.0. The predicted molar refractivity (Wildman–Crippen MR) is 75.1 cm³/mol. The molecule has 0 aliphatic heterocycles. The minimum Gasteiger partial charge on any atom is -0.308 e. The van der Waals surface area contributed by atoms with Crippen molar-refractivity contribution in [3.8, 4) is 0 Å². The van der Waals surface area contributed by atoms with Gasteiger partial charge in [-0.25, -0.2) is 13.6 Å². The van der Waals surface area contributed by atoms with E-state index in [0.29, 0.717) is 5.69 Å². The Morgan fingerprint density at radius 1 is 1.00 bits per heavy atom. The quantitative estimate of drug-likeness (QED) is 0.675. The van der Waals surface area contributed by atoms with Crippen LogP contribution in [-0.4, -0.2) is 16.2 Å². The first-order chi connectivity index (χ1) is 10.1. The van der Waals surface area contributed by atoms with Gasteiger partial charge in [-0.15, -0.1) is 0 Å². The molecule has 21 heavy (non-hydrogen) atoms. The van der Waals surface area contributed by atoms with Gasteiger partial charge in [-0.05, 0) is 30.3 Å². The number of nitrogens with zero attached hydrogens (tertiary/aromatic N) is 1. The summed E-state index contributed by atoms with van der Waals surface area (Å²) in [6.07, 6.45) is 1.63. The van der Waals surface area contributed by atoms with Crippen molar-refractivity contribution in [2.45, 2.75) is 0 Å². The van der Waals surface area contributed by atoms with Crippen LogP contribution < -0.4 is 10.6 Å². The summed E-state index contributed by atoms with van der Waals surface area (Å²) in [4.78, 5) is 11.8. The van der Waals surface area contributed by atoms with Gasteiger partial charge >= 0.3 is 6.03 Å². The number of carbonyl (C=O) groups excluding carboxylic acids is 1. The number of aromatic amines is 1. The lowest BCUT2D eigenvalue weighted by molar-refractivity contribution is 0.262. The molecule has 0 spiro atoms. The first-order valence-corrected chi connectivity index (χ1v) is 6.08. The maximum absolute atomic E-state index is 13.0. The minimum atomic E-state index is -1.02. The molecule has 0 aliphatic carbocycles. The molecule has 2 aromatic carbocycles. The number of urea groups is 1. The fourth-order valence-corrected chi connectivity index (χ4v) is 1.89. The summed E-state index contributed by atoms with van der Waals surface area (Å²) in [6.45, 7) is 0. The Labute approximate surface area is 118 Å². The van der Waals surface area contributed by atoms with E-state index >= 15 is 0 Å². The Kier molecular flexibility index (Phi) is 3.23. The van der Waals surface area contributed by atoms with Crippen molar-refractivity contribution in [1.82, 2.24) is 10.2 Å². The maximum Gasteiger partial charge on any atom is 0.323 e. The fourth-order valence-electron chi connectivity index (χ4n) is 1.89. The molecule has 1 heterocycles. The van der Waals surface area contributed by atoms with E-state index in [1.807, 2.05) is 0 Å². The van der Waals surface area contributed by atoms with Crippen LogP contribution >= 0.6 is 0 Å². The van der Waals surface area contributed by atoms with Crippen LogP contribution in [0.5, 0.6) is 0 Å². The molecule has 0 aliphatic rings. The third-order valence-electron chi connectivity index (χ3n) is 2.88. The lowest BCUT2D eigenvalue weighted by Gasteiger charge is -2.08. The summed E-state index contributed by atoms with van der Waals surface area (Å²) in [6, 6.07) is 7.79. The molecule has 7 heteroatoms. The standard InChI is InChI=1S/C14H10F2N4O/c15-11-3-1-10(6-12(11)16)19-14(21)18-9-2-4-13-8(5-9)7-17-20-13/h1-7H,(H,17,20)(H2,18,19,21). The number of hydrogen-bond acceptors (Lipinski definition) is 2. The Bertz CT molecular complexity index is 816. The molecule has 3 N–H and O–H groups in total. The molecule has 0 saturated carbocycles. The average Bonchev–Trinajstić information content (AvgIpc) is 2.90. The van der Waals surface area contributed by atoms with Crippen LogP contribution in [0.4, 0.5) is 25.0 Å². The van der Waals surface area contributed by atoms with Crippen molar-refractivity contribution in [3.05, 3.63) is 54.2 Å². The van der Waals surface area contributed by atoms with Crippen LogP contribution in [-0.2, 0) is 0 Å². The fraction of sp³-hybridized carbons (Fsp3) is 0. The van der Waals surface area contributed by atoms with Gasteiger partial charge in [0.05, 0.1) is 11.7 Å². The summed E-state index contributed by atoms with van der Waals surface area (Å²) >= 11 is 0. The molecule has 3 rings (SSSR count). The highest BCUT2D eigenvalue weighted by molar-refractivity contribution is 6.00. The molecule has 0 fully saturated rings. The van der Waals surface area contributed by atoms with Crippen LogP contribution in [0.3, 0.4) is 0 Å². The molecule has 106 valence electrons. The molecule has 2 amide bonds. The topological polar surface area (TPSA) is 69.8 Å². The van der Waals surface area contributed by atoms with E-state index in [9.17, 15) is 13.6 Å². The molecular formula is C14H10F2N4O. The van der Waals surface area contributed by atoms with E-state index < -0.39 is 17.7 Å². The van der Waals surface area contributed by atoms with Gasteiger partial charge in [0.2, 0.25) is 0 Å². The van der Waals surface area contributed by atoms with Crippen molar-refractivity contribution in [2.24, 2.45) is 0 Å². The van der Waals surface area contributed by atoms with Crippen molar-refractivity contribution < 1.29 is 13.6 Å². The molecule has 0 atom stereocenters. The third-order valence-corrected chi connectivity index (χ3v) is 2.88. The third kappa shape index (κ3) is 2.81. The number of carbonyl (C=O) groups is 1. The Hall–Kier alpha value is -2.96. The number of benzene rings is 2. The molecular weight excluding hydrogens is 278 g/mol. The van der Waals surface area contributed by atoms with Crippen LogP contribution in [0.15, 0.2) is 42.6 Å². The van der Waals surface area contributed by atoms with Gasteiger partial charge in [0.15, 0.2) is 11.6 Å². The van der Waals surface area contributed by atoms with Crippen molar-refractivity contribution in [2.75, 3.05) is 10.6 Å². The molecule has 0 radical (unpaired) electrons. The second kappa shape index (κ2) is 5.20. The van der Waals surface area contributed by atoms with E-state index in [-0.39, 0.29) is 5.69 Å². The second-order valence-corrected chi connectivity index (χ2v) is 4.38. The van der Waals surface area contributed by atoms with Gasteiger partial charge in [0.1, 0.15) is 0 Å². The van der Waals surface area contributed by atoms with E-state index in [2.05, 4.69) is 20.8 Å². The van der Waals surface area contributed by atoms with E-state index in [0.717, 1.165) is 23.0 Å². The maximum atomic E-state index is 13.0. The zero-order valence-corrected chi connectivity index (χ0v) is 10.7. The van der Waals surface area contributed by atoms with E-state index in [1.54, 1.807) is 24.4 Å². The molecule has 0 unspecified atom stereocenters. The highest BCUT2D eigenvalue weighted by Gasteiger charge is 2.07. The van der Waals surface area contributed by atoms with Crippen molar-refractivity contribution in [3.63, 3.8) is 0 Å². The smallest absolute Gasteiger partial charge is 0.308 e. The second-order valence-electron chi connectivity index (χ2n) is 4.38. The zero-order valence-electron chi connectivity index (χ0n) is 10.7. The van der Waals surface area contributed by atoms with Crippen LogP contribution in [0.25, 0.3) is 10.9 Å². The summed E-state index contributed by atoms with van der Waals surface area (Å²) in [5.74, 6) is -1.99. The summed E-state index contributed by atoms with van der Waals surface area (Å²) in [5, 5.41) is 12.5. The molecule has 0 saturated heterocycles. The van der Waals surface area contributed by atoms with Crippen LogP contribution in [0.1, 0.15) is 0 Å². The average molecular weight is 288 g/mol. The Morgan fingerprint density at radius 3 is 2.48 bits per heavy atom. The van der Waals surface area contributed by atoms with Crippen molar-refractivity contribution >= 4 is 28.3 Å². The SMILES string of the molecule is O=C(Nc1ccc(F)c(F)c1)Nc1ccc2[nH]ncc2c1. The van der Waals surface area contributed by atoms with Gasteiger partial charge in [-0.2, -0.15) is 5.10 Å². The summed E-state index contributed by atoms with van der Waals surface area (Å²) in [7, 11) is 0. The predicted octanol–water partition coefficient (Wildman–Crippen LogP) is 3.49. The largest absolute Gasteiger partial charge is 0.323 e. The number of rotatable bonds is 2. The molecule has 3 aromatic rings. The number of nitrogens with one attached hydrogen (secondary N) is 3. The summed E-state index contributed by atoms with van der Waals surface area (Å²) < 4.78 is 25.8. The molecule has 0 bridgehead atoms. The Balaban J connectivity index is 1.71. The van der Waals surface area contributed by atoms with Gasteiger partial charge in [-0.1, -0.05) is 0 Å². The molecule has 5 nitrogen and oxygen atoms in total. The van der Waals surface area contributed by atoms with Gasteiger partial charge < -0.3 is 10.6 Å². The van der Waals surface area contributed by atoms with E-state index in [4.69, 9.17) is 0 Å². The van der Waals surface area contributed by atoms with E-state index in [1.165, 1.54) is 6.07 Å². The van der Waals surface area contributed by atoms with Gasteiger partial charge in [-0.3, -0.25) is 5.10 Å². The lowest BCUT2D eigenvalue weighted by Crippen LogP contribution is -2.19. The normalized spacial score (nSPS) is 10.6. The number of aromatic nitrogens is 2. The minimum absolute atomic E-state index is 0.163. The number of anilines is 2. The number of H-pyrrole nitrogens is 1. The van der Waals surface area contributed by atoms with Gasteiger partial charge in [0.25, 0.3) is 0 Å². The number of hydrogen-bond donors (Lipinski definition) is 3. The van der Waals surface area contributed by atoms with Crippen LogP contribution in [0, 0.1) is 11.6 Å². The highest BCUT2D eigenvalue weighted by atomic mass is 19.2. The zero-order chi connectivity index (χ0) is 14.8. The van der Waals surface area contributed by atoms with Gasteiger partial charge in [0, 0.05) is 22.8 Å². The lowest BCUT2D eigenvalue weighted by atomic mass is 10.2. The monoisotopic (exact) mass is 288 g/mol. The number of halogens is 2.